The number of rotatable bonds is 4. The van der Waals surface area contributed by atoms with Crippen LogP contribution >= 0.6 is 11.3 Å². The highest BCUT2D eigenvalue weighted by Crippen LogP contribution is 2.27. The van der Waals surface area contributed by atoms with Gasteiger partial charge in [-0.05, 0) is 48.9 Å². The quantitative estimate of drug-likeness (QED) is 0.853. The molecule has 0 aromatic carbocycles. The van der Waals surface area contributed by atoms with E-state index in [1.807, 2.05) is 22.2 Å². The predicted octanol–water partition coefficient (Wildman–Crippen LogP) is 2.16. The van der Waals surface area contributed by atoms with Crippen LogP contribution < -0.4 is 0 Å². The lowest BCUT2D eigenvalue weighted by Gasteiger charge is -2.29. The van der Waals surface area contributed by atoms with Gasteiger partial charge in [-0.25, -0.2) is 0 Å². The monoisotopic (exact) mass is 344 g/mol. The Morgan fingerprint density at radius 2 is 2.29 bits per heavy atom. The number of thiophene rings is 1. The summed E-state index contributed by atoms with van der Waals surface area (Å²) in [6.45, 7) is 7.54. The first-order chi connectivity index (χ1) is 11.7. The zero-order valence-corrected chi connectivity index (χ0v) is 15.0. The number of hydrogen-bond acceptors (Lipinski definition) is 4. The van der Waals surface area contributed by atoms with Gasteiger partial charge in [-0.1, -0.05) is 0 Å². The van der Waals surface area contributed by atoms with Crippen LogP contribution in [0.4, 0.5) is 0 Å². The van der Waals surface area contributed by atoms with Gasteiger partial charge >= 0.3 is 0 Å². The van der Waals surface area contributed by atoms with Crippen LogP contribution in [0.25, 0.3) is 0 Å². The lowest BCUT2D eigenvalue weighted by molar-refractivity contribution is -0.136. The highest BCUT2D eigenvalue weighted by Gasteiger charge is 2.32. The Bertz CT molecular complexity index is 722. The van der Waals surface area contributed by atoms with E-state index in [4.69, 9.17) is 0 Å². The number of carbonyl (C=O) groups excluding carboxylic acids is 1. The van der Waals surface area contributed by atoms with Crippen LogP contribution in [0.1, 0.15) is 22.4 Å². The maximum Gasteiger partial charge on any atom is 0.227 e. The van der Waals surface area contributed by atoms with E-state index in [2.05, 4.69) is 39.5 Å². The first-order valence-electron chi connectivity index (χ1n) is 8.74. The number of aryl methyl sites for hydroxylation is 1. The van der Waals surface area contributed by atoms with Crippen LogP contribution in [0.15, 0.2) is 23.8 Å². The Morgan fingerprint density at radius 1 is 1.38 bits per heavy atom. The van der Waals surface area contributed by atoms with E-state index >= 15 is 0 Å². The van der Waals surface area contributed by atoms with Gasteiger partial charge in [-0.3, -0.25) is 9.48 Å². The molecule has 0 radical (unpaired) electrons. The molecule has 1 fully saturated rings. The van der Waals surface area contributed by atoms with Gasteiger partial charge in [0.15, 0.2) is 0 Å². The SMILES string of the molecule is Cc1cnn(CCN2CCC(C(=O)N3CCc4sccc4C3)C2)c1. The lowest BCUT2D eigenvalue weighted by atomic mass is 10.0. The Kier molecular flexibility index (Phi) is 4.41. The number of aromatic nitrogens is 2. The zero-order chi connectivity index (χ0) is 16.5. The molecule has 0 aliphatic carbocycles. The summed E-state index contributed by atoms with van der Waals surface area (Å²) < 4.78 is 1.99. The molecule has 2 aliphatic rings. The number of nitrogens with zero attached hydrogens (tertiary/aromatic N) is 4. The largest absolute Gasteiger partial charge is 0.338 e. The molecular weight excluding hydrogens is 320 g/mol. The molecule has 5 nitrogen and oxygen atoms in total. The van der Waals surface area contributed by atoms with Crippen molar-refractivity contribution in [3.05, 3.63) is 39.8 Å². The van der Waals surface area contributed by atoms with E-state index in [0.717, 1.165) is 52.1 Å². The first kappa shape index (κ1) is 15.8. The summed E-state index contributed by atoms with van der Waals surface area (Å²) in [5, 5.41) is 6.48. The van der Waals surface area contributed by atoms with Crippen LogP contribution in [0.3, 0.4) is 0 Å². The van der Waals surface area contributed by atoms with Crippen molar-refractivity contribution in [3.8, 4) is 0 Å². The molecule has 2 aromatic rings. The molecule has 128 valence electrons. The van der Waals surface area contributed by atoms with Gasteiger partial charge in [0.05, 0.1) is 18.7 Å². The summed E-state index contributed by atoms with van der Waals surface area (Å²) in [6, 6.07) is 2.17. The highest BCUT2D eigenvalue weighted by molar-refractivity contribution is 7.10. The fourth-order valence-electron chi connectivity index (χ4n) is 3.77. The maximum atomic E-state index is 12.8. The molecule has 6 heteroatoms. The Morgan fingerprint density at radius 3 is 3.12 bits per heavy atom. The van der Waals surface area contributed by atoms with Crippen LogP contribution in [0, 0.1) is 12.8 Å². The molecular formula is C18H24N4OS. The van der Waals surface area contributed by atoms with Gasteiger partial charge in [-0.2, -0.15) is 5.10 Å². The molecule has 1 amide bonds. The zero-order valence-electron chi connectivity index (χ0n) is 14.1. The minimum Gasteiger partial charge on any atom is -0.338 e. The fourth-order valence-corrected chi connectivity index (χ4v) is 4.65. The number of likely N-dealkylation sites (tertiary alicyclic amines) is 1. The third-order valence-electron chi connectivity index (χ3n) is 5.15. The maximum absolute atomic E-state index is 12.8. The van der Waals surface area contributed by atoms with Gasteiger partial charge in [0.25, 0.3) is 0 Å². The van der Waals surface area contributed by atoms with Gasteiger partial charge in [-0.15, -0.1) is 11.3 Å². The van der Waals surface area contributed by atoms with Crippen molar-refractivity contribution in [2.24, 2.45) is 5.92 Å². The fraction of sp³-hybridized carbons (Fsp3) is 0.556. The summed E-state index contributed by atoms with van der Waals surface area (Å²) in [7, 11) is 0. The molecule has 1 saturated heterocycles. The average molecular weight is 344 g/mol. The number of fused-ring (bicyclic) bond motifs is 1. The molecule has 2 aliphatic heterocycles. The smallest absolute Gasteiger partial charge is 0.227 e. The van der Waals surface area contributed by atoms with Crippen molar-refractivity contribution in [1.82, 2.24) is 19.6 Å². The van der Waals surface area contributed by atoms with E-state index in [0.29, 0.717) is 5.91 Å². The second kappa shape index (κ2) is 6.69. The number of carbonyl (C=O) groups is 1. The van der Waals surface area contributed by atoms with E-state index in [-0.39, 0.29) is 5.92 Å². The third kappa shape index (κ3) is 3.26. The molecule has 1 atom stereocenters. The molecule has 4 rings (SSSR count). The first-order valence-corrected chi connectivity index (χ1v) is 9.62. The molecule has 2 aromatic heterocycles. The Labute approximate surface area is 146 Å². The van der Waals surface area contributed by atoms with Crippen molar-refractivity contribution < 1.29 is 4.79 Å². The van der Waals surface area contributed by atoms with Crippen molar-refractivity contribution in [3.63, 3.8) is 0 Å². The van der Waals surface area contributed by atoms with E-state index < -0.39 is 0 Å². The van der Waals surface area contributed by atoms with Gasteiger partial charge < -0.3 is 9.80 Å². The van der Waals surface area contributed by atoms with E-state index in [9.17, 15) is 4.79 Å². The third-order valence-corrected chi connectivity index (χ3v) is 6.17. The summed E-state index contributed by atoms with van der Waals surface area (Å²) in [6.07, 6.45) is 5.98. The van der Waals surface area contributed by atoms with E-state index in [1.165, 1.54) is 16.0 Å². The van der Waals surface area contributed by atoms with Crippen LogP contribution in [0.2, 0.25) is 0 Å². The van der Waals surface area contributed by atoms with Gasteiger partial charge in [0, 0.05) is 37.3 Å². The van der Waals surface area contributed by atoms with Crippen molar-refractivity contribution in [2.45, 2.75) is 32.9 Å². The lowest BCUT2D eigenvalue weighted by Crippen LogP contribution is -2.40. The van der Waals surface area contributed by atoms with Crippen LogP contribution in [-0.4, -0.2) is 51.7 Å². The average Bonchev–Trinajstić information content (AvgIpc) is 3.32. The molecule has 0 saturated carbocycles. The normalized spacial score (nSPS) is 21.2. The van der Waals surface area contributed by atoms with Crippen LogP contribution in [-0.2, 0) is 24.3 Å². The predicted molar refractivity (Wildman–Crippen MR) is 95.0 cm³/mol. The molecule has 24 heavy (non-hydrogen) atoms. The van der Waals surface area contributed by atoms with Crippen LogP contribution in [0.5, 0.6) is 0 Å². The number of amides is 1. The van der Waals surface area contributed by atoms with Crippen molar-refractivity contribution in [1.29, 1.82) is 0 Å². The van der Waals surface area contributed by atoms with Crippen molar-refractivity contribution in [2.75, 3.05) is 26.2 Å². The Balaban J connectivity index is 1.29. The highest BCUT2D eigenvalue weighted by atomic mass is 32.1. The van der Waals surface area contributed by atoms with E-state index in [1.54, 1.807) is 0 Å². The number of hydrogen-bond donors (Lipinski definition) is 0. The van der Waals surface area contributed by atoms with Gasteiger partial charge in [0.2, 0.25) is 5.91 Å². The summed E-state index contributed by atoms with van der Waals surface area (Å²) in [5.41, 5.74) is 2.55. The van der Waals surface area contributed by atoms with Gasteiger partial charge in [0.1, 0.15) is 0 Å². The minimum absolute atomic E-state index is 0.171. The standard InChI is InChI=1S/C18H24N4OS/c1-14-10-19-22(11-14)8-7-20-5-2-16(12-20)18(23)21-6-3-17-15(13-21)4-9-24-17/h4,9-11,16H,2-3,5-8,12-13H2,1H3. The second-order valence-electron chi connectivity index (χ2n) is 6.95. The second-order valence-corrected chi connectivity index (χ2v) is 7.95. The molecule has 4 heterocycles. The van der Waals surface area contributed by atoms with Crippen molar-refractivity contribution >= 4 is 17.2 Å². The molecule has 0 N–H and O–H groups in total. The summed E-state index contributed by atoms with van der Waals surface area (Å²) in [4.78, 5) is 18.8. The molecule has 1 unspecified atom stereocenters. The topological polar surface area (TPSA) is 41.4 Å². The summed E-state index contributed by atoms with van der Waals surface area (Å²) >= 11 is 1.82. The minimum atomic E-state index is 0.171. The Hall–Kier alpha value is -1.66. The molecule has 0 bridgehead atoms. The molecule has 0 spiro atoms. The summed E-state index contributed by atoms with van der Waals surface area (Å²) in [5.74, 6) is 0.522.